The molecule has 0 aliphatic heterocycles. The number of halogens is 4. The number of aryl methyl sites for hydroxylation is 1. The van der Waals surface area contributed by atoms with Crippen molar-refractivity contribution in [3.05, 3.63) is 40.7 Å². The summed E-state index contributed by atoms with van der Waals surface area (Å²) in [5, 5.41) is 8.67. The van der Waals surface area contributed by atoms with Gasteiger partial charge in [0.2, 0.25) is 0 Å². The van der Waals surface area contributed by atoms with Gasteiger partial charge in [0.1, 0.15) is 11.9 Å². The predicted molar refractivity (Wildman–Crippen MR) is 109 cm³/mol. The maximum Gasteiger partial charge on any atom is 0.534 e. The average molecular weight is 491 g/mol. The van der Waals surface area contributed by atoms with Gasteiger partial charge in [-0.1, -0.05) is 6.07 Å². The van der Waals surface area contributed by atoms with Crippen molar-refractivity contribution in [3.8, 4) is 11.8 Å². The fraction of sp³-hybridized carbons (Fsp3) is 0.429. The molecular weight excluding hydrogens is 470 g/mol. The second-order valence-electron chi connectivity index (χ2n) is 7.95. The van der Waals surface area contributed by atoms with E-state index in [0.29, 0.717) is 6.07 Å². The van der Waals surface area contributed by atoms with E-state index in [4.69, 9.17) is 14.7 Å². The molecule has 12 heteroatoms. The quantitative estimate of drug-likeness (QED) is 0.247. The van der Waals surface area contributed by atoms with E-state index in [-0.39, 0.29) is 23.1 Å². The van der Waals surface area contributed by atoms with Crippen molar-refractivity contribution >= 4 is 26.9 Å². The minimum Gasteiger partial charge on any atom is -0.464 e. The summed E-state index contributed by atoms with van der Waals surface area (Å²) >= 11 is 0. The van der Waals surface area contributed by atoms with E-state index in [1.165, 1.54) is 19.9 Å². The first-order valence-corrected chi connectivity index (χ1v) is 10.9. The zero-order valence-electron chi connectivity index (χ0n) is 18.3. The van der Waals surface area contributed by atoms with Crippen LogP contribution in [0.2, 0.25) is 0 Å². The fourth-order valence-electron chi connectivity index (χ4n) is 3.00. The summed E-state index contributed by atoms with van der Waals surface area (Å²) < 4.78 is 92.7. The molecular formula is C21H21F4NO6S. The molecule has 0 fully saturated rings. The van der Waals surface area contributed by atoms with E-state index in [0.717, 1.165) is 6.07 Å². The SMILES string of the molecule is CCOC(=O)C(OC(C)(C)C)c1c(C)cc2cc(C#N)c(F)cc2c1OS(=O)(=O)C(F)(F)F. The van der Waals surface area contributed by atoms with Crippen molar-refractivity contribution in [2.45, 2.75) is 51.8 Å². The van der Waals surface area contributed by atoms with E-state index in [1.54, 1.807) is 26.8 Å². The first-order valence-electron chi connectivity index (χ1n) is 9.54. The molecule has 2 aromatic rings. The number of esters is 1. The smallest absolute Gasteiger partial charge is 0.464 e. The highest BCUT2D eigenvalue weighted by atomic mass is 32.2. The molecule has 0 saturated carbocycles. The van der Waals surface area contributed by atoms with Gasteiger partial charge in [0, 0.05) is 10.9 Å². The Labute approximate surface area is 188 Å². The van der Waals surface area contributed by atoms with Crippen LogP contribution >= 0.6 is 0 Å². The Morgan fingerprint density at radius 1 is 1.18 bits per heavy atom. The van der Waals surface area contributed by atoms with Crippen molar-refractivity contribution in [1.82, 2.24) is 0 Å². The molecule has 0 bridgehead atoms. The van der Waals surface area contributed by atoms with Gasteiger partial charge in [-0.05, 0) is 57.7 Å². The van der Waals surface area contributed by atoms with Crippen LogP contribution in [0.25, 0.3) is 10.8 Å². The lowest BCUT2D eigenvalue weighted by molar-refractivity contribution is -0.167. The lowest BCUT2D eigenvalue weighted by Gasteiger charge is -2.29. The lowest BCUT2D eigenvalue weighted by atomic mass is 9.94. The number of alkyl halides is 3. The highest BCUT2D eigenvalue weighted by molar-refractivity contribution is 7.88. The summed E-state index contributed by atoms with van der Waals surface area (Å²) in [4.78, 5) is 12.7. The molecule has 0 amide bonds. The van der Waals surface area contributed by atoms with Gasteiger partial charge in [-0.25, -0.2) is 9.18 Å². The summed E-state index contributed by atoms with van der Waals surface area (Å²) in [6, 6.07) is 4.62. The maximum atomic E-state index is 14.4. The summed E-state index contributed by atoms with van der Waals surface area (Å²) in [7, 11) is -6.22. The summed E-state index contributed by atoms with van der Waals surface area (Å²) in [5.74, 6) is -3.09. The van der Waals surface area contributed by atoms with Crippen molar-refractivity contribution in [2.24, 2.45) is 0 Å². The van der Waals surface area contributed by atoms with Crippen LogP contribution in [0.3, 0.4) is 0 Å². The Balaban J connectivity index is 2.99. The van der Waals surface area contributed by atoms with Crippen LogP contribution < -0.4 is 4.18 Å². The lowest BCUT2D eigenvalue weighted by Crippen LogP contribution is -2.31. The summed E-state index contributed by atoms with van der Waals surface area (Å²) in [6.45, 7) is 7.43. The summed E-state index contributed by atoms with van der Waals surface area (Å²) in [6.07, 6.45) is -1.70. The van der Waals surface area contributed by atoms with Crippen LogP contribution in [0.5, 0.6) is 5.75 Å². The van der Waals surface area contributed by atoms with Gasteiger partial charge in [-0.2, -0.15) is 26.9 Å². The zero-order valence-corrected chi connectivity index (χ0v) is 19.1. The highest BCUT2D eigenvalue weighted by Crippen LogP contribution is 2.42. The minimum absolute atomic E-state index is 0.0138. The second kappa shape index (κ2) is 9.15. The van der Waals surface area contributed by atoms with Gasteiger partial charge in [-0.3, -0.25) is 0 Å². The molecule has 180 valence electrons. The van der Waals surface area contributed by atoms with Crippen molar-refractivity contribution in [3.63, 3.8) is 0 Å². The molecule has 0 aliphatic rings. The normalized spacial score (nSPS) is 13.5. The van der Waals surface area contributed by atoms with Gasteiger partial charge in [0.05, 0.1) is 17.8 Å². The fourth-order valence-corrected chi connectivity index (χ4v) is 3.49. The third kappa shape index (κ3) is 5.72. The van der Waals surface area contributed by atoms with Gasteiger partial charge in [0.15, 0.2) is 11.9 Å². The Hall–Kier alpha value is -2.91. The van der Waals surface area contributed by atoms with Crippen LogP contribution in [0.1, 0.15) is 50.5 Å². The molecule has 33 heavy (non-hydrogen) atoms. The number of carbonyl (C=O) groups excluding carboxylic acids is 1. The summed E-state index contributed by atoms with van der Waals surface area (Å²) in [5.41, 5.74) is -7.56. The van der Waals surface area contributed by atoms with E-state index in [9.17, 15) is 30.8 Å². The number of fused-ring (bicyclic) bond motifs is 1. The van der Waals surface area contributed by atoms with Crippen LogP contribution in [-0.2, 0) is 24.4 Å². The van der Waals surface area contributed by atoms with Gasteiger partial charge < -0.3 is 13.7 Å². The number of hydrogen-bond acceptors (Lipinski definition) is 7. The predicted octanol–water partition coefficient (Wildman–Crippen LogP) is 4.81. The first kappa shape index (κ1) is 26.3. The van der Waals surface area contributed by atoms with Crippen molar-refractivity contribution in [1.29, 1.82) is 5.26 Å². The van der Waals surface area contributed by atoms with Gasteiger partial charge in [0.25, 0.3) is 0 Å². The molecule has 2 aromatic carbocycles. The highest BCUT2D eigenvalue weighted by Gasteiger charge is 2.49. The van der Waals surface area contributed by atoms with Crippen LogP contribution in [-0.4, -0.2) is 32.1 Å². The van der Waals surface area contributed by atoms with Crippen molar-refractivity contribution in [2.75, 3.05) is 6.61 Å². The molecule has 0 saturated heterocycles. The van der Waals surface area contributed by atoms with E-state index >= 15 is 0 Å². The van der Waals surface area contributed by atoms with E-state index in [1.807, 2.05) is 0 Å². The molecule has 0 aromatic heterocycles. The number of rotatable bonds is 6. The van der Waals surface area contributed by atoms with Crippen LogP contribution in [0.4, 0.5) is 17.6 Å². The molecule has 2 rings (SSSR count). The van der Waals surface area contributed by atoms with E-state index in [2.05, 4.69) is 4.18 Å². The Kier molecular flexibility index (Phi) is 7.30. The average Bonchev–Trinajstić information content (AvgIpc) is 2.65. The molecule has 0 aliphatic carbocycles. The zero-order chi connectivity index (χ0) is 25.4. The Morgan fingerprint density at radius 3 is 2.27 bits per heavy atom. The Morgan fingerprint density at radius 2 is 1.79 bits per heavy atom. The number of nitriles is 1. The molecule has 0 N–H and O–H groups in total. The first-order chi connectivity index (χ1) is 15.0. The molecule has 7 nitrogen and oxygen atoms in total. The van der Waals surface area contributed by atoms with E-state index < -0.39 is 55.8 Å². The van der Waals surface area contributed by atoms with Crippen LogP contribution in [0, 0.1) is 24.1 Å². The number of ether oxygens (including phenoxy) is 2. The number of carbonyl (C=O) groups is 1. The molecule has 0 spiro atoms. The van der Waals surface area contributed by atoms with Crippen LogP contribution in [0.15, 0.2) is 18.2 Å². The van der Waals surface area contributed by atoms with Gasteiger partial charge >= 0.3 is 21.6 Å². The topological polar surface area (TPSA) is 103 Å². The largest absolute Gasteiger partial charge is 0.534 e. The second-order valence-corrected chi connectivity index (χ2v) is 9.48. The maximum absolute atomic E-state index is 14.4. The molecule has 0 radical (unpaired) electrons. The molecule has 1 unspecified atom stereocenters. The van der Waals surface area contributed by atoms with Gasteiger partial charge in [-0.15, -0.1) is 0 Å². The monoisotopic (exact) mass is 491 g/mol. The Bertz CT molecular complexity index is 1230. The minimum atomic E-state index is -6.22. The molecule has 0 heterocycles. The standard InChI is InChI=1S/C21H21F4NO6S/c1-6-30-19(27)18(31-20(3,4)5)16-11(2)7-12-8-13(10-26)15(22)9-14(12)17(16)32-33(28,29)21(23,24)25/h7-9,18H,6H2,1-5H3. The third-order valence-electron chi connectivity index (χ3n) is 4.26. The van der Waals surface area contributed by atoms with Crippen molar-refractivity contribution < 1.29 is 44.4 Å². The molecule has 1 atom stereocenters. The number of hydrogen-bond donors (Lipinski definition) is 0. The third-order valence-corrected chi connectivity index (χ3v) is 5.21. The number of nitrogens with zero attached hydrogens (tertiary/aromatic N) is 1. The number of benzene rings is 2.